The fraction of sp³-hybridized carbons (Fsp3) is 0.351. The number of carbonyl (C=O) groups is 8. The van der Waals surface area contributed by atoms with Crippen molar-refractivity contribution in [2.24, 2.45) is 11.7 Å². The number of carboxylic acids is 1. The van der Waals surface area contributed by atoms with Crippen molar-refractivity contribution >= 4 is 87.8 Å². The number of amides is 7. The first-order valence-corrected chi connectivity index (χ1v) is 36.7. The number of nitrogens with one attached hydrogen (secondary N) is 8. The number of phenols is 3. The average molecular weight is 1620 g/mol. The van der Waals surface area contributed by atoms with E-state index in [1.54, 1.807) is 31.2 Å². The molecule has 0 spiro atoms. The normalized spacial score (nSPS) is 26.8. The van der Waals surface area contributed by atoms with Crippen molar-refractivity contribution in [3.63, 3.8) is 0 Å². The average Bonchev–Trinajstić information content (AvgIpc) is 0.763. The lowest BCUT2D eigenvalue weighted by atomic mass is 9.89. The van der Waals surface area contributed by atoms with Crippen molar-refractivity contribution in [1.82, 2.24) is 37.2 Å². The largest absolute Gasteiger partial charge is 0.508 e. The third-order valence-corrected chi connectivity index (χ3v) is 20.6. The van der Waals surface area contributed by atoms with E-state index < -0.39 is 238 Å². The summed E-state index contributed by atoms with van der Waals surface area (Å²) < 4.78 is 39.2. The predicted octanol–water partition coefficient (Wildman–Crippen LogP) is 4.19. The van der Waals surface area contributed by atoms with E-state index in [2.05, 4.69) is 42.5 Å². The second-order valence-electron chi connectivity index (χ2n) is 28.1. The lowest BCUT2D eigenvalue weighted by Crippen LogP contribution is -2.62. The Morgan fingerprint density at radius 2 is 1.24 bits per heavy atom. The lowest BCUT2D eigenvalue weighted by Gasteiger charge is -2.45. The molecule has 2 fully saturated rings. The van der Waals surface area contributed by atoms with Crippen LogP contribution in [0.2, 0.25) is 15.1 Å². The number of halogens is 3. The number of aliphatic hydroxyl groups excluding tert-OH is 6. The Kier molecular flexibility index (Phi) is 24.9. The molecule has 113 heavy (non-hydrogen) atoms. The van der Waals surface area contributed by atoms with E-state index >= 15 is 14.4 Å². The van der Waals surface area contributed by atoms with Crippen molar-refractivity contribution in [3.8, 4) is 68.2 Å². The maximum Gasteiger partial charge on any atom is 0.330 e. The summed E-state index contributed by atoms with van der Waals surface area (Å²) in [7, 11) is 1.47. The monoisotopic (exact) mass is 1620 g/mol. The van der Waals surface area contributed by atoms with Gasteiger partial charge in [0.05, 0.1) is 41.3 Å². The van der Waals surface area contributed by atoms with Gasteiger partial charge in [-0.1, -0.05) is 91.1 Å². The molecule has 0 aliphatic carbocycles. The van der Waals surface area contributed by atoms with E-state index in [4.69, 9.17) is 69.0 Å². The number of likely N-dealkylation sites (N-methyl/N-ethyl adjacent to an activating group) is 1. The van der Waals surface area contributed by atoms with E-state index in [1.807, 2.05) is 38.1 Å². The molecule has 36 heteroatoms. The maximum atomic E-state index is 16.2. The predicted molar refractivity (Wildman–Crippen MR) is 401 cm³/mol. The van der Waals surface area contributed by atoms with Crippen LogP contribution >= 0.6 is 34.8 Å². The van der Waals surface area contributed by atoms with Gasteiger partial charge in [0.15, 0.2) is 29.9 Å². The third kappa shape index (κ3) is 17.9. The fourth-order valence-corrected chi connectivity index (χ4v) is 14.5. The summed E-state index contributed by atoms with van der Waals surface area (Å²) in [5.74, 6) is -16.0. The third-order valence-electron chi connectivity index (χ3n) is 19.8. The number of rotatable bonds is 16. The molecular formula is C77H80Cl3N9O24. The van der Waals surface area contributed by atoms with E-state index in [0.717, 1.165) is 77.9 Å². The van der Waals surface area contributed by atoms with Crippen molar-refractivity contribution in [2.45, 2.75) is 150 Å². The number of aromatic hydroxyl groups is 3. The Bertz CT molecular complexity index is 4820. The van der Waals surface area contributed by atoms with Crippen LogP contribution in [0.5, 0.6) is 46.0 Å². The number of hydrogen-bond donors (Lipinski definition) is 19. The van der Waals surface area contributed by atoms with Crippen LogP contribution in [0, 0.1) is 5.92 Å². The van der Waals surface area contributed by atoms with Gasteiger partial charge in [0.2, 0.25) is 53.4 Å². The first-order chi connectivity index (χ1) is 53.7. The van der Waals surface area contributed by atoms with Crippen LogP contribution in [0.15, 0.2) is 127 Å². The second kappa shape index (κ2) is 34.4. The highest BCUT2D eigenvalue weighted by Gasteiger charge is 2.51. The number of ether oxygens (including phenoxy) is 6. The highest BCUT2D eigenvalue weighted by atomic mass is 35.5. The number of aliphatic hydroxyl groups is 6. The lowest BCUT2D eigenvalue weighted by molar-refractivity contribution is -0.329. The molecule has 0 radical (unpaired) electrons. The molecule has 20 N–H and O–H groups in total. The zero-order valence-electron chi connectivity index (χ0n) is 60.3. The van der Waals surface area contributed by atoms with Crippen LogP contribution in [-0.2, 0) is 52.6 Å². The Balaban J connectivity index is 1.05. The first kappa shape index (κ1) is 81.8. The number of benzene rings is 7. The molecule has 1 unspecified atom stereocenters. The van der Waals surface area contributed by atoms with E-state index in [0.29, 0.717) is 10.7 Å². The van der Waals surface area contributed by atoms with Gasteiger partial charge in [0.1, 0.15) is 95.6 Å². The molecule has 14 rings (SSSR count). The van der Waals surface area contributed by atoms with Crippen LogP contribution in [0.1, 0.15) is 98.2 Å². The van der Waals surface area contributed by atoms with Gasteiger partial charge in [-0.3, -0.25) is 33.6 Å². The summed E-state index contributed by atoms with van der Waals surface area (Å²) in [6.45, 7) is 4.21. The van der Waals surface area contributed by atoms with Crippen LogP contribution in [-0.4, -0.2) is 191 Å². The van der Waals surface area contributed by atoms with Gasteiger partial charge in [-0.2, -0.15) is 0 Å². The maximum absolute atomic E-state index is 16.2. The molecule has 33 nitrogen and oxygen atoms in total. The molecule has 0 aromatic heterocycles. The van der Waals surface area contributed by atoms with Gasteiger partial charge < -0.3 is 128 Å². The fourth-order valence-electron chi connectivity index (χ4n) is 13.9. The Hall–Kier alpha value is -10.6. The molecule has 7 aliphatic heterocycles. The standard InChI is InChI=1S/C77H80Cl3N9O24/c1-30(2)19-46(82-4)70(100)88-61-64(96)35-10-17-50(43(79)21-35)109-52-23-37-24-53(68(52)113-77-69(67(99)66(98)54(29-90)111-77)112-56-28-45(63(95)31(3)108-56)83-39-14-7-33(8-15-39)32-5-12-38(78)13-6-32)110-51-18-11-36(22-44(51)80)65(97)62-75(105)87-60(76(106)107)42-25-40(91)26-49(93)57(42)41-20-34(9-16-48(41)92)58(72(102)89-62)86-73(103)59(37)85-71(101)47(27-55(81)94)84-74(61)104/h5-18,20-26,30-31,45-47,54,56,58-67,69,77,82-83,90-93,95-99H,19,27-29H2,1-4H3,(H2,81,94)(H,84,104)(H,85,101)(H,86,103)(H,87,105)(H,88,100)(H,89,102)(H,106,107)/t31-,45?,46+,47-,54+,56-,58+,59+,60-,61+,62-,63+,64+,65+,66+,67-,69+,77-/m0/s1. The Labute approximate surface area is 658 Å². The number of fused-ring (bicyclic) bond motifs is 15. The summed E-state index contributed by atoms with van der Waals surface area (Å²) in [6.07, 6.45) is -18.6. The number of anilines is 1. The van der Waals surface area contributed by atoms with Crippen LogP contribution in [0.4, 0.5) is 5.69 Å². The summed E-state index contributed by atoms with van der Waals surface area (Å²) >= 11 is 20.4. The molecular weight excluding hydrogens is 1540 g/mol. The number of phenolic OH excluding ortho intramolecular Hbond substituents is 3. The van der Waals surface area contributed by atoms with Gasteiger partial charge >= 0.3 is 5.97 Å². The summed E-state index contributed by atoms with van der Waals surface area (Å²) in [5, 5.41) is 136. The minimum atomic E-state index is -2.36. The quantitative estimate of drug-likeness (QED) is 0.0645. The van der Waals surface area contributed by atoms with Crippen molar-refractivity contribution < 1.29 is 118 Å². The zero-order chi connectivity index (χ0) is 81.3. The van der Waals surface area contributed by atoms with Crippen molar-refractivity contribution in [3.05, 3.63) is 170 Å². The van der Waals surface area contributed by atoms with Crippen molar-refractivity contribution in [2.75, 3.05) is 19.0 Å². The van der Waals surface area contributed by atoms with E-state index in [9.17, 15) is 75.0 Å². The van der Waals surface area contributed by atoms with Gasteiger partial charge in [-0.25, -0.2) is 4.79 Å². The molecule has 2 saturated heterocycles. The summed E-state index contributed by atoms with van der Waals surface area (Å²) in [4.78, 5) is 118. The summed E-state index contributed by atoms with van der Waals surface area (Å²) in [6, 6.07) is 12.9. The minimum absolute atomic E-state index is 0.106. The molecule has 598 valence electrons. The molecule has 11 bridgehead atoms. The van der Waals surface area contributed by atoms with E-state index in [1.165, 1.54) is 19.2 Å². The smallest absolute Gasteiger partial charge is 0.330 e. The number of hydrogen-bond acceptors (Lipinski definition) is 25. The minimum Gasteiger partial charge on any atom is -0.508 e. The molecule has 7 aromatic carbocycles. The second-order valence-corrected chi connectivity index (χ2v) is 29.4. The molecule has 7 aromatic rings. The van der Waals surface area contributed by atoms with Crippen LogP contribution in [0.3, 0.4) is 0 Å². The number of primary amides is 1. The topological polar surface area (TPSA) is 517 Å². The molecule has 7 heterocycles. The molecule has 0 saturated carbocycles. The Morgan fingerprint density at radius 1 is 0.637 bits per heavy atom. The summed E-state index contributed by atoms with van der Waals surface area (Å²) in [5.41, 5.74) is 5.20. The van der Waals surface area contributed by atoms with Gasteiger partial charge in [0.25, 0.3) is 0 Å². The van der Waals surface area contributed by atoms with E-state index in [-0.39, 0.29) is 46.2 Å². The molecule has 18 atom stereocenters. The highest BCUT2D eigenvalue weighted by molar-refractivity contribution is 6.32. The number of carboxylic acid groups (broad SMARTS) is 1. The highest BCUT2D eigenvalue weighted by Crippen LogP contribution is 2.50. The Morgan fingerprint density at radius 3 is 1.84 bits per heavy atom. The van der Waals surface area contributed by atoms with Crippen LogP contribution in [0.25, 0.3) is 22.3 Å². The zero-order valence-corrected chi connectivity index (χ0v) is 62.6. The van der Waals surface area contributed by atoms with Gasteiger partial charge in [0, 0.05) is 39.9 Å². The number of carbonyl (C=O) groups excluding carboxylic acids is 7. The van der Waals surface area contributed by atoms with Gasteiger partial charge in [-0.05, 0) is 139 Å². The number of aliphatic carboxylic acids is 1. The first-order valence-electron chi connectivity index (χ1n) is 35.6. The SMILES string of the molecule is CN[C@H](CC(C)C)C(=O)N[C@H]1C(=O)N[C@@H](CC(N)=O)C(=O)N[C@H]2C(=O)N[C@H]3C(=O)N[C@H](C(=O)N[C@H](C(=O)O)c4cc(O)cc(O)c4-c4cc3ccc4O)[C@H](O)c3ccc(c(Cl)c3)Oc3cc2cc(c3O[C@@H]2O[C@H](CO)[C@@H](O)[C@H](O)[C@H]2O[C@H]2CC(Nc3ccc(-c4ccc(Cl)cc4)cc3)[C@H](O)[C@H](C)O2)Oc2ccc(cc2Cl)[C@H]1O. The number of nitrogens with two attached hydrogens (primary N) is 1. The van der Waals surface area contributed by atoms with Crippen LogP contribution < -0.4 is 62.5 Å². The molecule has 7 amide bonds. The molecule has 7 aliphatic rings. The van der Waals surface area contributed by atoms with Crippen molar-refractivity contribution in [1.29, 1.82) is 0 Å². The van der Waals surface area contributed by atoms with Gasteiger partial charge in [-0.15, -0.1) is 0 Å².